The lowest BCUT2D eigenvalue weighted by Crippen LogP contribution is -2.40. The van der Waals surface area contributed by atoms with E-state index in [-0.39, 0.29) is 31.5 Å². The van der Waals surface area contributed by atoms with Gasteiger partial charge in [0.15, 0.2) is 5.78 Å². The van der Waals surface area contributed by atoms with E-state index in [2.05, 4.69) is 0 Å². The zero-order valence-electron chi connectivity index (χ0n) is 16.7. The van der Waals surface area contributed by atoms with Gasteiger partial charge in [-0.1, -0.05) is 66.7 Å². The minimum atomic E-state index is -3.67. The molecule has 1 unspecified atom stereocenters. The van der Waals surface area contributed by atoms with Crippen LogP contribution in [-0.2, 0) is 25.0 Å². The molecular weight excluding hydrogens is 409 g/mol. The average Bonchev–Trinajstić information content (AvgIpc) is 2.74. The van der Waals surface area contributed by atoms with E-state index in [9.17, 15) is 9.36 Å². The summed E-state index contributed by atoms with van der Waals surface area (Å²) in [6, 6.07) is 19.0. The molecule has 0 radical (unpaired) electrons. The molecule has 0 bridgehead atoms. The highest BCUT2D eigenvalue weighted by molar-refractivity contribution is 7.54. The van der Waals surface area contributed by atoms with E-state index in [1.807, 2.05) is 66.7 Å². The number of alkyl halides is 1. The van der Waals surface area contributed by atoms with E-state index in [1.54, 1.807) is 19.9 Å². The summed E-state index contributed by atoms with van der Waals surface area (Å²) in [5.41, 5.74) is 1.80. The van der Waals surface area contributed by atoms with Crippen LogP contribution in [0.2, 0.25) is 0 Å². The first-order valence-corrected chi connectivity index (χ1v) is 11.7. The van der Waals surface area contributed by atoms with Crippen molar-refractivity contribution in [3.8, 4) is 0 Å². The van der Waals surface area contributed by atoms with Gasteiger partial charge in [0.2, 0.25) is 5.91 Å². The van der Waals surface area contributed by atoms with Gasteiger partial charge < -0.3 is 13.9 Å². The number of carbonyl (C=O) groups excluding carboxylic acids is 1. The Balaban J connectivity index is 2.49. The number of hydrogen-bond acceptors (Lipinski definition) is 4. The van der Waals surface area contributed by atoms with Crippen molar-refractivity contribution in [2.75, 3.05) is 19.1 Å². The van der Waals surface area contributed by atoms with Crippen LogP contribution >= 0.6 is 19.2 Å². The van der Waals surface area contributed by atoms with Crippen LogP contribution in [0.4, 0.5) is 0 Å². The first-order chi connectivity index (χ1) is 14.0. The largest absolute Gasteiger partial charge is 0.356 e. The van der Waals surface area contributed by atoms with Crippen molar-refractivity contribution >= 4 is 31.2 Å². The fourth-order valence-corrected chi connectivity index (χ4v) is 4.98. The zero-order valence-corrected chi connectivity index (χ0v) is 18.4. The monoisotopic (exact) mass is 435 g/mol. The maximum atomic E-state index is 13.7. The predicted octanol–water partition coefficient (Wildman–Crippen LogP) is 5.56. The third kappa shape index (κ3) is 6.83. The van der Waals surface area contributed by atoms with Crippen LogP contribution in [0.25, 0.3) is 6.08 Å². The Morgan fingerprint density at radius 3 is 2.10 bits per heavy atom. The van der Waals surface area contributed by atoms with Crippen LogP contribution in [-0.4, -0.2) is 35.7 Å². The van der Waals surface area contributed by atoms with Crippen molar-refractivity contribution in [3.05, 3.63) is 77.9 Å². The summed E-state index contributed by atoms with van der Waals surface area (Å²) in [7, 11) is -3.67. The van der Waals surface area contributed by atoms with Gasteiger partial charge in [0.1, 0.15) is 5.88 Å². The number of carbonyl (C=O) groups is 1. The Hall–Kier alpha value is -1.91. The molecule has 156 valence electrons. The molecule has 0 heterocycles. The van der Waals surface area contributed by atoms with Gasteiger partial charge in [0.25, 0.3) is 0 Å². The van der Waals surface area contributed by atoms with Crippen LogP contribution in [0, 0.1) is 0 Å². The molecule has 0 saturated heterocycles. The lowest BCUT2D eigenvalue weighted by atomic mass is 10.2. The molecular formula is C22H27ClNO4P. The molecule has 7 heteroatoms. The minimum Gasteiger partial charge on any atom is -0.319 e. The van der Waals surface area contributed by atoms with Crippen molar-refractivity contribution in [1.82, 2.24) is 4.90 Å². The Bertz CT molecular complexity index is 819. The summed E-state index contributed by atoms with van der Waals surface area (Å²) >= 11 is 5.89. The minimum absolute atomic E-state index is 0.196. The Labute approximate surface area is 177 Å². The van der Waals surface area contributed by atoms with Crippen molar-refractivity contribution < 1.29 is 18.4 Å². The molecule has 2 rings (SSSR count). The van der Waals surface area contributed by atoms with Crippen molar-refractivity contribution in [1.29, 1.82) is 0 Å². The molecule has 2 aromatic carbocycles. The molecule has 1 amide bonds. The zero-order chi connectivity index (χ0) is 21.1. The molecule has 0 aliphatic heterocycles. The molecule has 0 N–H and O–H groups in total. The summed E-state index contributed by atoms with van der Waals surface area (Å²) in [4.78, 5) is 14.2. The third-order valence-corrected chi connectivity index (χ3v) is 6.72. The van der Waals surface area contributed by atoms with E-state index < -0.39 is 13.4 Å². The van der Waals surface area contributed by atoms with Crippen LogP contribution in [0.15, 0.2) is 66.7 Å². The van der Waals surface area contributed by atoms with Gasteiger partial charge in [0, 0.05) is 6.54 Å². The van der Waals surface area contributed by atoms with Crippen molar-refractivity contribution in [2.45, 2.75) is 26.2 Å². The number of amides is 1. The second kappa shape index (κ2) is 11.9. The third-order valence-electron chi connectivity index (χ3n) is 4.15. The number of halogens is 1. The van der Waals surface area contributed by atoms with Gasteiger partial charge in [-0.25, -0.2) is 0 Å². The lowest BCUT2D eigenvalue weighted by Gasteiger charge is -2.34. The summed E-state index contributed by atoms with van der Waals surface area (Å²) < 4.78 is 24.8. The van der Waals surface area contributed by atoms with Crippen molar-refractivity contribution in [2.24, 2.45) is 0 Å². The van der Waals surface area contributed by atoms with Gasteiger partial charge in [-0.2, -0.15) is 0 Å². The molecule has 0 aliphatic rings. The highest BCUT2D eigenvalue weighted by Gasteiger charge is 2.40. The molecule has 0 fully saturated rings. The predicted molar refractivity (Wildman–Crippen MR) is 118 cm³/mol. The molecule has 2 aromatic rings. The SMILES string of the molecule is CCOP(=O)(OCC)C(/C=C/c1ccccc1)N(Cc1ccccc1)C(=O)CCl. The van der Waals surface area contributed by atoms with E-state index in [4.69, 9.17) is 20.6 Å². The highest BCUT2D eigenvalue weighted by atomic mass is 35.5. The molecule has 1 atom stereocenters. The molecule has 0 aromatic heterocycles. The lowest BCUT2D eigenvalue weighted by molar-refractivity contribution is -0.129. The quantitative estimate of drug-likeness (QED) is 0.342. The molecule has 0 spiro atoms. The van der Waals surface area contributed by atoms with Crippen LogP contribution < -0.4 is 0 Å². The van der Waals surface area contributed by atoms with Gasteiger partial charge in [-0.15, -0.1) is 11.6 Å². The van der Waals surface area contributed by atoms with Gasteiger partial charge in [-0.3, -0.25) is 9.36 Å². The van der Waals surface area contributed by atoms with Crippen LogP contribution in [0.5, 0.6) is 0 Å². The van der Waals surface area contributed by atoms with Crippen LogP contribution in [0.1, 0.15) is 25.0 Å². The number of nitrogens with zero attached hydrogens (tertiary/aromatic N) is 1. The topological polar surface area (TPSA) is 55.8 Å². The Morgan fingerprint density at radius 1 is 1.03 bits per heavy atom. The maximum absolute atomic E-state index is 13.7. The molecule has 0 saturated carbocycles. The van der Waals surface area contributed by atoms with E-state index in [0.717, 1.165) is 11.1 Å². The smallest absolute Gasteiger partial charge is 0.319 e. The second-order valence-corrected chi connectivity index (χ2v) is 8.59. The second-order valence-electron chi connectivity index (χ2n) is 6.20. The number of benzene rings is 2. The summed E-state index contributed by atoms with van der Waals surface area (Å²) in [5.74, 6) is -1.49. The van der Waals surface area contributed by atoms with Crippen molar-refractivity contribution in [3.63, 3.8) is 0 Å². The van der Waals surface area contributed by atoms with Gasteiger partial charge >= 0.3 is 7.60 Å². The normalized spacial score (nSPS) is 12.8. The van der Waals surface area contributed by atoms with E-state index in [0.29, 0.717) is 0 Å². The van der Waals surface area contributed by atoms with Crippen LogP contribution in [0.3, 0.4) is 0 Å². The summed E-state index contributed by atoms with van der Waals surface area (Å²) in [6.45, 7) is 4.12. The van der Waals surface area contributed by atoms with E-state index >= 15 is 0 Å². The standard InChI is InChI=1S/C22H27ClNO4P/c1-3-27-29(26,28-4-2)22(16-15-19-11-7-5-8-12-19)24(21(25)17-23)18-20-13-9-6-10-14-20/h5-16,22H,3-4,17-18H2,1-2H3/b16-15+. The fraction of sp³-hybridized carbons (Fsp3) is 0.318. The van der Waals surface area contributed by atoms with Gasteiger partial charge in [0.05, 0.1) is 13.2 Å². The number of hydrogen-bond donors (Lipinski definition) is 0. The average molecular weight is 436 g/mol. The fourth-order valence-electron chi connectivity index (χ4n) is 2.88. The summed E-state index contributed by atoms with van der Waals surface area (Å²) in [5, 5.41) is 0. The molecule has 29 heavy (non-hydrogen) atoms. The first kappa shape index (κ1) is 23.4. The highest BCUT2D eigenvalue weighted by Crippen LogP contribution is 2.55. The Kier molecular flexibility index (Phi) is 9.62. The Morgan fingerprint density at radius 2 is 1.59 bits per heavy atom. The van der Waals surface area contributed by atoms with E-state index in [1.165, 1.54) is 4.90 Å². The molecule has 5 nitrogen and oxygen atoms in total. The first-order valence-electron chi connectivity index (χ1n) is 9.55. The van der Waals surface area contributed by atoms with Gasteiger partial charge in [-0.05, 0) is 31.1 Å². The number of rotatable bonds is 11. The molecule has 0 aliphatic carbocycles. The summed E-state index contributed by atoms with van der Waals surface area (Å²) in [6.07, 6.45) is 3.52. The maximum Gasteiger partial charge on any atom is 0.356 e.